The maximum Gasteiger partial charge on any atom is 0.320 e. The van der Waals surface area contributed by atoms with Crippen LogP contribution in [-0.2, 0) is 16.6 Å². The summed E-state index contributed by atoms with van der Waals surface area (Å²) in [5.41, 5.74) is 2.34. The van der Waals surface area contributed by atoms with Crippen molar-refractivity contribution in [3.05, 3.63) is 80.6 Å². The van der Waals surface area contributed by atoms with E-state index >= 15 is 0 Å². The normalized spacial score (nSPS) is 12.3. The minimum Gasteiger partial charge on any atom is -0.465 e. The number of hydrogen-bond donors (Lipinski definition) is 0. The first kappa shape index (κ1) is 20.3. The summed E-state index contributed by atoms with van der Waals surface area (Å²) < 4.78 is 7.71. The zero-order valence-corrected chi connectivity index (χ0v) is 17.8. The SMILES string of the molecule is CCOC(=O)CN(C)C(c1ccccc1)c1cc2cc(Br)ccc2n(C)c1=O. The minimum atomic E-state index is -0.368. The zero-order chi connectivity index (χ0) is 20.3. The summed E-state index contributed by atoms with van der Waals surface area (Å²) in [5.74, 6) is -0.314. The lowest BCUT2D eigenvalue weighted by Gasteiger charge is -2.28. The van der Waals surface area contributed by atoms with Gasteiger partial charge in [0.2, 0.25) is 0 Å². The van der Waals surface area contributed by atoms with Crippen molar-refractivity contribution in [3.8, 4) is 0 Å². The molecule has 0 N–H and O–H groups in total. The van der Waals surface area contributed by atoms with Crippen molar-refractivity contribution < 1.29 is 9.53 Å². The third-order valence-corrected chi connectivity index (χ3v) is 5.24. The highest BCUT2D eigenvalue weighted by Gasteiger charge is 2.25. The van der Waals surface area contributed by atoms with E-state index in [1.54, 1.807) is 18.5 Å². The van der Waals surface area contributed by atoms with Gasteiger partial charge >= 0.3 is 5.97 Å². The summed E-state index contributed by atoms with van der Waals surface area (Å²) in [5, 5.41) is 0.956. The van der Waals surface area contributed by atoms with E-state index in [-0.39, 0.29) is 24.1 Å². The molecule has 1 atom stereocenters. The molecule has 0 spiro atoms. The lowest BCUT2D eigenvalue weighted by Crippen LogP contribution is -2.36. The molecule has 0 aliphatic heterocycles. The third kappa shape index (κ3) is 4.18. The molecule has 0 radical (unpaired) electrons. The number of hydrogen-bond acceptors (Lipinski definition) is 4. The number of aromatic nitrogens is 1. The van der Waals surface area contributed by atoms with Gasteiger partial charge in [0, 0.05) is 17.1 Å². The topological polar surface area (TPSA) is 51.5 Å². The molecule has 1 aromatic heterocycles. The maximum atomic E-state index is 13.2. The van der Waals surface area contributed by atoms with Crippen LogP contribution in [0.15, 0.2) is 63.9 Å². The standard InChI is InChI=1S/C22H23BrN2O3/c1-4-28-20(26)14-24(2)21(15-8-6-5-7-9-15)18-13-16-12-17(23)10-11-19(16)25(3)22(18)27/h5-13,21H,4,14H2,1-3H3. The number of pyridine rings is 1. The molecule has 2 aromatic carbocycles. The van der Waals surface area contributed by atoms with E-state index in [1.165, 1.54) is 0 Å². The van der Waals surface area contributed by atoms with Crippen molar-refractivity contribution in [1.82, 2.24) is 9.47 Å². The average molecular weight is 443 g/mol. The fourth-order valence-corrected chi connectivity index (χ4v) is 3.86. The first-order valence-electron chi connectivity index (χ1n) is 9.12. The molecule has 1 unspecified atom stereocenters. The second kappa shape index (κ2) is 8.71. The smallest absolute Gasteiger partial charge is 0.320 e. The number of carbonyl (C=O) groups is 1. The van der Waals surface area contributed by atoms with E-state index in [1.807, 2.05) is 66.5 Å². The number of likely N-dealkylation sites (N-methyl/N-ethyl adjacent to an activating group) is 1. The van der Waals surface area contributed by atoms with Gasteiger partial charge in [0.25, 0.3) is 5.56 Å². The number of carbonyl (C=O) groups excluding carboxylic acids is 1. The highest BCUT2D eigenvalue weighted by Crippen LogP contribution is 2.28. The quantitative estimate of drug-likeness (QED) is 0.543. The number of halogens is 1. The van der Waals surface area contributed by atoms with Gasteiger partial charge in [-0.1, -0.05) is 46.3 Å². The number of rotatable bonds is 6. The van der Waals surface area contributed by atoms with Gasteiger partial charge in [-0.2, -0.15) is 0 Å². The van der Waals surface area contributed by atoms with Gasteiger partial charge < -0.3 is 9.30 Å². The van der Waals surface area contributed by atoms with Crippen LogP contribution in [0.5, 0.6) is 0 Å². The van der Waals surface area contributed by atoms with Gasteiger partial charge in [-0.15, -0.1) is 0 Å². The first-order chi connectivity index (χ1) is 13.4. The van der Waals surface area contributed by atoms with E-state index < -0.39 is 0 Å². The van der Waals surface area contributed by atoms with Crippen molar-refractivity contribution in [2.24, 2.45) is 7.05 Å². The van der Waals surface area contributed by atoms with E-state index in [9.17, 15) is 9.59 Å². The molecule has 0 bridgehead atoms. The molecule has 0 saturated carbocycles. The molecule has 5 nitrogen and oxygen atoms in total. The van der Waals surface area contributed by atoms with Crippen LogP contribution in [0.25, 0.3) is 10.9 Å². The number of fused-ring (bicyclic) bond motifs is 1. The van der Waals surface area contributed by atoms with Crippen molar-refractivity contribution in [2.75, 3.05) is 20.2 Å². The second-order valence-corrected chi connectivity index (χ2v) is 7.62. The van der Waals surface area contributed by atoms with Crippen LogP contribution in [0.3, 0.4) is 0 Å². The fraction of sp³-hybridized carbons (Fsp3) is 0.273. The Hall–Kier alpha value is -2.44. The predicted molar refractivity (Wildman–Crippen MR) is 114 cm³/mol. The Bertz CT molecular complexity index is 1050. The molecule has 0 amide bonds. The molecule has 0 aliphatic carbocycles. The Balaban J connectivity index is 2.16. The van der Waals surface area contributed by atoms with Crippen LogP contribution in [0.2, 0.25) is 0 Å². The van der Waals surface area contributed by atoms with Crippen LogP contribution >= 0.6 is 15.9 Å². The molecule has 28 heavy (non-hydrogen) atoms. The van der Waals surface area contributed by atoms with Crippen LogP contribution in [-0.4, -0.2) is 35.6 Å². The molecule has 6 heteroatoms. The van der Waals surface area contributed by atoms with Crippen molar-refractivity contribution in [3.63, 3.8) is 0 Å². The van der Waals surface area contributed by atoms with Crippen LogP contribution in [0, 0.1) is 0 Å². The van der Waals surface area contributed by atoms with Gasteiger partial charge in [0.05, 0.1) is 24.7 Å². The highest BCUT2D eigenvalue weighted by atomic mass is 79.9. The van der Waals surface area contributed by atoms with E-state index in [2.05, 4.69) is 15.9 Å². The Kier molecular flexibility index (Phi) is 6.31. The molecule has 0 saturated heterocycles. The summed E-state index contributed by atoms with van der Waals surface area (Å²) in [6, 6.07) is 17.1. The van der Waals surface area contributed by atoms with Gasteiger partial charge in [-0.3, -0.25) is 14.5 Å². The minimum absolute atomic E-state index is 0.0839. The molecule has 1 heterocycles. The zero-order valence-electron chi connectivity index (χ0n) is 16.2. The number of nitrogens with zero attached hydrogens (tertiary/aromatic N) is 2. The van der Waals surface area contributed by atoms with Gasteiger partial charge in [0.15, 0.2) is 0 Å². The van der Waals surface area contributed by atoms with E-state index in [0.717, 1.165) is 20.9 Å². The van der Waals surface area contributed by atoms with Crippen LogP contribution in [0.1, 0.15) is 24.1 Å². The molecular weight excluding hydrogens is 420 g/mol. The summed E-state index contributed by atoms with van der Waals surface area (Å²) in [7, 11) is 3.61. The molecular formula is C22H23BrN2O3. The number of esters is 1. The number of aryl methyl sites for hydroxylation is 1. The Labute approximate surface area is 172 Å². The molecule has 3 aromatic rings. The van der Waals surface area contributed by atoms with E-state index in [0.29, 0.717) is 12.2 Å². The molecule has 0 fully saturated rings. The third-order valence-electron chi connectivity index (χ3n) is 4.75. The predicted octanol–water partition coefficient (Wildman–Crippen LogP) is 3.89. The maximum absolute atomic E-state index is 13.2. The molecule has 3 rings (SSSR count). The van der Waals surface area contributed by atoms with Crippen molar-refractivity contribution in [1.29, 1.82) is 0 Å². The van der Waals surface area contributed by atoms with Gasteiger partial charge in [-0.25, -0.2) is 0 Å². The summed E-state index contributed by atoms with van der Waals surface area (Å²) >= 11 is 3.50. The monoisotopic (exact) mass is 442 g/mol. The van der Waals surface area contributed by atoms with Gasteiger partial charge in [0.1, 0.15) is 0 Å². The molecule has 146 valence electrons. The molecule has 0 aliphatic rings. The lowest BCUT2D eigenvalue weighted by atomic mass is 9.97. The summed E-state index contributed by atoms with van der Waals surface area (Å²) in [6.07, 6.45) is 0. The van der Waals surface area contributed by atoms with Gasteiger partial charge in [-0.05, 0) is 49.2 Å². The number of ether oxygens (including phenoxy) is 1. The van der Waals surface area contributed by atoms with Crippen LogP contribution in [0.4, 0.5) is 0 Å². The Morgan fingerprint density at radius 2 is 1.89 bits per heavy atom. The van der Waals surface area contributed by atoms with Crippen molar-refractivity contribution >= 4 is 32.8 Å². The lowest BCUT2D eigenvalue weighted by molar-refractivity contribution is -0.144. The van der Waals surface area contributed by atoms with Crippen LogP contribution < -0.4 is 5.56 Å². The largest absolute Gasteiger partial charge is 0.465 e. The second-order valence-electron chi connectivity index (χ2n) is 6.70. The summed E-state index contributed by atoms with van der Waals surface area (Å²) in [4.78, 5) is 27.1. The van der Waals surface area contributed by atoms with Crippen molar-refractivity contribution in [2.45, 2.75) is 13.0 Å². The Morgan fingerprint density at radius 1 is 1.18 bits per heavy atom. The average Bonchev–Trinajstić information content (AvgIpc) is 2.66. The highest BCUT2D eigenvalue weighted by molar-refractivity contribution is 9.10. The van der Waals surface area contributed by atoms with E-state index in [4.69, 9.17) is 4.74 Å². The Morgan fingerprint density at radius 3 is 2.57 bits per heavy atom. The summed E-state index contributed by atoms with van der Waals surface area (Å²) in [6.45, 7) is 2.20. The number of benzene rings is 2. The first-order valence-corrected chi connectivity index (χ1v) is 9.91. The fourth-order valence-electron chi connectivity index (χ4n) is 3.48.